The Morgan fingerprint density at radius 3 is 2.26 bits per heavy atom. The molecule has 0 unspecified atom stereocenters. The highest BCUT2D eigenvalue weighted by Gasteiger charge is 2.15. The van der Waals surface area contributed by atoms with Crippen LogP contribution in [-0.2, 0) is 0 Å². The molecule has 0 saturated heterocycles. The Labute approximate surface area is 179 Å². The molecule has 0 radical (unpaired) electrons. The number of hydrogen-bond acceptors (Lipinski definition) is 5. The summed E-state index contributed by atoms with van der Waals surface area (Å²) < 4.78 is 16.9. The Balaban J connectivity index is 1.44. The van der Waals surface area contributed by atoms with Gasteiger partial charge in [0.25, 0.3) is 0 Å². The summed E-state index contributed by atoms with van der Waals surface area (Å²) in [6, 6.07) is 27.1. The van der Waals surface area contributed by atoms with E-state index < -0.39 is 5.97 Å². The van der Waals surface area contributed by atoms with Crippen molar-refractivity contribution in [1.29, 1.82) is 0 Å². The number of hydrogen-bond donors (Lipinski definition) is 0. The molecule has 0 aliphatic heterocycles. The number of carbonyl (C=O) groups is 2. The fourth-order valence-corrected chi connectivity index (χ4v) is 3.17. The molecule has 0 aromatic heterocycles. The van der Waals surface area contributed by atoms with Crippen LogP contribution >= 0.6 is 0 Å². The van der Waals surface area contributed by atoms with Crippen molar-refractivity contribution in [2.45, 2.75) is 0 Å². The number of fused-ring (bicyclic) bond motifs is 1. The van der Waals surface area contributed by atoms with Crippen LogP contribution in [-0.4, -0.2) is 25.5 Å². The SMILES string of the molecule is O=Cc1ccc2ccccc2c1OC(=O)c1cccc(OCCOc2ccccc2)c1. The summed E-state index contributed by atoms with van der Waals surface area (Å²) in [4.78, 5) is 24.2. The summed E-state index contributed by atoms with van der Waals surface area (Å²) in [5.74, 6) is 0.982. The van der Waals surface area contributed by atoms with Gasteiger partial charge in [-0.1, -0.05) is 54.6 Å². The summed E-state index contributed by atoms with van der Waals surface area (Å²) in [7, 11) is 0. The van der Waals surface area contributed by atoms with E-state index in [1.165, 1.54) is 0 Å². The monoisotopic (exact) mass is 412 g/mol. The number of ether oxygens (including phenoxy) is 3. The lowest BCUT2D eigenvalue weighted by atomic mass is 10.1. The van der Waals surface area contributed by atoms with Crippen LogP contribution in [0.5, 0.6) is 17.2 Å². The second kappa shape index (κ2) is 9.59. The highest BCUT2D eigenvalue weighted by Crippen LogP contribution is 2.30. The lowest BCUT2D eigenvalue weighted by Gasteiger charge is -2.12. The molecule has 31 heavy (non-hydrogen) atoms. The summed E-state index contributed by atoms with van der Waals surface area (Å²) in [6.07, 6.45) is 0.682. The van der Waals surface area contributed by atoms with Crippen LogP contribution in [0.2, 0.25) is 0 Å². The largest absolute Gasteiger partial charge is 0.490 e. The van der Waals surface area contributed by atoms with Crippen LogP contribution in [0.15, 0.2) is 91.0 Å². The number of rotatable bonds is 8. The van der Waals surface area contributed by atoms with Gasteiger partial charge < -0.3 is 14.2 Å². The van der Waals surface area contributed by atoms with Gasteiger partial charge in [-0.05, 0) is 41.8 Å². The van der Waals surface area contributed by atoms with Crippen LogP contribution in [0, 0.1) is 0 Å². The van der Waals surface area contributed by atoms with E-state index in [0.717, 1.165) is 11.1 Å². The quantitative estimate of drug-likeness (QED) is 0.169. The minimum Gasteiger partial charge on any atom is -0.490 e. The zero-order chi connectivity index (χ0) is 21.5. The Morgan fingerprint density at radius 1 is 0.742 bits per heavy atom. The van der Waals surface area contributed by atoms with Gasteiger partial charge in [0.1, 0.15) is 30.5 Å². The maximum absolute atomic E-state index is 12.8. The molecule has 0 spiro atoms. The first kappa shape index (κ1) is 20.2. The van der Waals surface area contributed by atoms with E-state index in [1.807, 2.05) is 60.7 Å². The number of benzene rings is 4. The fourth-order valence-electron chi connectivity index (χ4n) is 3.17. The van der Waals surface area contributed by atoms with Crippen LogP contribution in [0.25, 0.3) is 10.8 Å². The van der Waals surface area contributed by atoms with E-state index >= 15 is 0 Å². The molecule has 154 valence electrons. The molecule has 0 aliphatic carbocycles. The normalized spacial score (nSPS) is 10.5. The number of aldehydes is 1. The maximum Gasteiger partial charge on any atom is 0.343 e. The Hall–Kier alpha value is -4.12. The van der Waals surface area contributed by atoms with Crippen molar-refractivity contribution in [3.05, 3.63) is 102 Å². The van der Waals surface area contributed by atoms with Crippen LogP contribution in [0.1, 0.15) is 20.7 Å². The highest BCUT2D eigenvalue weighted by molar-refractivity contribution is 6.00. The van der Waals surface area contributed by atoms with E-state index in [4.69, 9.17) is 14.2 Å². The third-order valence-corrected chi connectivity index (χ3v) is 4.67. The average molecular weight is 412 g/mol. The lowest BCUT2D eigenvalue weighted by molar-refractivity contribution is 0.0735. The molecule has 0 heterocycles. The van der Waals surface area contributed by atoms with Crippen molar-refractivity contribution in [3.63, 3.8) is 0 Å². The van der Waals surface area contributed by atoms with E-state index in [0.29, 0.717) is 41.8 Å². The van der Waals surface area contributed by atoms with E-state index in [2.05, 4.69) is 0 Å². The predicted octanol–water partition coefficient (Wildman–Crippen LogP) is 5.33. The first-order valence-electron chi connectivity index (χ1n) is 9.84. The molecule has 4 aromatic rings. The van der Waals surface area contributed by atoms with Crippen LogP contribution in [0.3, 0.4) is 0 Å². The van der Waals surface area contributed by atoms with Crippen molar-refractivity contribution in [3.8, 4) is 17.2 Å². The molecule has 0 bridgehead atoms. The zero-order valence-corrected chi connectivity index (χ0v) is 16.7. The van der Waals surface area contributed by atoms with E-state index in [-0.39, 0.29) is 5.75 Å². The van der Waals surface area contributed by atoms with Gasteiger partial charge in [-0.15, -0.1) is 0 Å². The van der Waals surface area contributed by atoms with Gasteiger partial charge in [0.15, 0.2) is 6.29 Å². The van der Waals surface area contributed by atoms with Gasteiger partial charge in [-0.25, -0.2) is 4.79 Å². The molecule has 5 nitrogen and oxygen atoms in total. The minimum absolute atomic E-state index is 0.251. The van der Waals surface area contributed by atoms with Crippen molar-refractivity contribution >= 4 is 23.0 Å². The maximum atomic E-state index is 12.8. The summed E-state index contributed by atoms with van der Waals surface area (Å²) in [5, 5.41) is 1.58. The smallest absolute Gasteiger partial charge is 0.343 e. The second-order valence-corrected chi connectivity index (χ2v) is 6.75. The van der Waals surface area contributed by atoms with Gasteiger partial charge in [-0.3, -0.25) is 4.79 Å². The summed E-state index contributed by atoms with van der Waals surface area (Å²) in [6.45, 7) is 0.698. The van der Waals surface area contributed by atoms with Gasteiger partial charge in [0, 0.05) is 5.39 Å². The molecule has 5 heteroatoms. The minimum atomic E-state index is -0.564. The standard InChI is InChI=1S/C26H20O5/c27-18-21-14-13-19-7-4-5-12-24(19)25(21)31-26(28)20-8-6-11-23(17-20)30-16-15-29-22-9-2-1-3-10-22/h1-14,17-18H,15-16H2. The predicted molar refractivity (Wildman–Crippen MR) is 118 cm³/mol. The molecular formula is C26H20O5. The molecule has 0 atom stereocenters. The van der Waals surface area contributed by atoms with Crippen molar-refractivity contribution in [2.75, 3.05) is 13.2 Å². The number of carbonyl (C=O) groups excluding carboxylic acids is 2. The molecule has 0 amide bonds. The molecule has 0 saturated carbocycles. The third kappa shape index (κ3) is 4.90. The third-order valence-electron chi connectivity index (χ3n) is 4.67. The Kier molecular flexibility index (Phi) is 6.24. The number of esters is 1. The summed E-state index contributed by atoms with van der Waals surface area (Å²) >= 11 is 0. The topological polar surface area (TPSA) is 61.8 Å². The molecule has 0 N–H and O–H groups in total. The molecule has 0 aliphatic rings. The van der Waals surface area contributed by atoms with E-state index in [1.54, 1.807) is 30.3 Å². The van der Waals surface area contributed by atoms with Crippen molar-refractivity contribution in [2.24, 2.45) is 0 Å². The molecule has 4 aromatic carbocycles. The molecular weight excluding hydrogens is 392 g/mol. The van der Waals surface area contributed by atoms with Gasteiger partial charge in [0.2, 0.25) is 0 Å². The van der Waals surface area contributed by atoms with E-state index in [9.17, 15) is 9.59 Å². The fraction of sp³-hybridized carbons (Fsp3) is 0.0769. The molecule has 4 rings (SSSR count). The Bertz CT molecular complexity index is 1200. The zero-order valence-electron chi connectivity index (χ0n) is 16.7. The average Bonchev–Trinajstić information content (AvgIpc) is 2.83. The number of para-hydroxylation sites is 1. The van der Waals surface area contributed by atoms with Crippen LogP contribution < -0.4 is 14.2 Å². The molecule has 0 fully saturated rings. The first-order valence-corrected chi connectivity index (χ1v) is 9.84. The van der Waals surface area contributed by atoms with Crippen molar-refractivity contribution < 1.29 is 23.8 Å². The summed E-state index contributed by atoms with van der Waals surface area (Å²) in [5.41, 5.74) is 0.642. The van der Waals surface area contributed by atoms with Gasteiger partial charge in [-0.2, -0.15) is 0 Å². The first-order chi connectivity index (χ1) is 15.2. The lowest BCUT2D eigenvalue weighted by Crippen LogP contribution is -2.12. The highest BCUT2D eigenvalue weighted by atomic mass is 16.5. The van der Waals surface area contributed by atoms with Crippen molar-refractivity contribution in [1.82, 2.24) is 0 Å². The Morgan fingerprint density at radius 2 is 1.45 bits per heavy atom. The van der Waals surface area contributed by atoms with Gasteiger partial charge in [0.05, 0.1) is 11.1 Å². The second-order valence-electron chi connectivity index (χ2n) is 6.75. The van der Waals surface area contributed by atoms with Crippen LogP contribution in [0.4, 0.5) is 0 Å². The van der Waals surface area contributed by atoms with Gasteiger partial charge >= 0.3 is 5.97 Å².